The molecule has 1 aromatic carbocycles. The van der Waals surface area contributed by atoms with Crippen LogP contribution in [-0.2, 0) is 4.79 Å². The lowest BCUT2D eigenvalue weighted by molar-refractivity contribution is -0.121. The maximum absolute atomic E-state index is 12.4. The van der Waals surface area contributed by atoms with E-state index in [1.165, 1.54) is 19.6 Å². The number of nitrogens with zero attached hydrogens (tertiary/aromatic N) is 1. The topological polar surface area (TPSA) is 71.8 Å². The number of benzene rings is 1. The minimum atomic E-state index is -0.130. The van der Waals surface area contributed by atoms with Crippen LogP contribution in [-0.4, -0.2) is 36.9 Å². The summed E-state index contributed by atoms with van der Waals surface area (Å²) < 4.78 is 10.0. The third-order valence-corrected chi connectivity index (χ3v) is 4.64. The van der Waals surface area contributed by atoms with E-state index in [2.05, 4.69) is 5.32 Å². The van der Waals surface area contributed by atoms with Crippen LogP contribution in [0.15, 0.2) is 41.2 Å². The van der Waals surface area contributed by atoms with Crippen molar-refractivity contribution in [2.75, 3.05) is 25.5 Å². The van der Waals surface area contributed by atoms with Gasteiger partial charge in [-0.05, 0) is 37.1 Å². The van der Waals surface area contributed by atoms with Gasteiger partial charge in [-0.15, -0.1) is 0 Å². The number of hydrogen-bond acceptors (Lipinski definition) is 4. The minimum absolute atomic E-state index is 0.0587. The van der Waals surface area contributed by atoms with E-state index in [0.29, 0.717) is 48.0 Å². The number of methoxy groups -OCH3 is 1. The zero-order valence-corrected chi connectivity index (χ0v) is 14.6. The molecule has 0 saturated carbocycles. The number of rotatable bonds is 4. The van der Waals surface area contributed by atoms with Crippen molar-refractivity contribution in [1.82, 2.24) is 4.90 Å². The van der Waals surface area contributed by atoms with E-state index in [1.54, 1.807) is 29.2 Å². The lowest BCUT2D eigenvalue weighted by Gasteiger charge is -2.31. The molecule has 0 unspecified atom stereocenters. The van der Waals surface area contributed by atoms with Crippen LogP contribution < -0.4 is 10.1 Å². The van der Waals surface area contributed by atoms with Crippen LogP contribution in [0.3, 0.4) is 0 Å². The fourth-order valence-corrected chi connectivity index (χ4v) is 3.16. The molecule has 25 heavy (non-hydrogen) atoms. The lowest BCUT2D eigenvalue weighted by atomic mass is 9.95. The molecule has 2 amide bonds. The van der Waals surface area contributed by atoms with Gasteiger partial charge < -0.3 is 19.4 Å². The second-order valence-electron chi connectivity index (χ2n) is 5.92. The van der Waals surface area contributed by atoms with Crippen LogP contribution in [0.5, 0.6) is 5.75 Å². The summed E-state index contributed by atoms with van der Waals surface area (Å²) in [4.78, 5) is 26.4. The highest BCUT2D eigenvalue weighted by atomic mass is 35.5. The summed E-state index contributed by atoms with van der Waals surface area (Å²) in [5.41, 5.74) is 1.17. The summed E-state index contributed by atoms with van der Waals surface area (Å²) in [5.74, 6) is 0.311. The summed E-state index contributed by atoms with van der Waals surface area (Å²) in [6, 6.07) is 6.77. The molecule has 6 nitrogen and oxygen atoms in total. The number of halogens is 1. The van der Waals surface area contributed by atoms with E-state index in [-0.39, 0.29) is 17.7 Å². The van der Waals surface area contributed by atoms with E-state index in [9.17, 15) is 9.59 Å². The van der Waals surface area contributed by atoms with Crippen LogP contribution in [0.1, 0.15) is 23.2 Å². The number of carbonyl (C=O) groups is 2. The molecule has 0 spiro atoms. The highest BCUT2D eigenvalue weighted by Gasteiger charge is 2.28. The van der Waals surface area contributed by atoms with Gasteiger partial charge in [-0.1, -0.05) is 11.6 Å². The van der Waals surface area contributed by atoms with Gasteiger partial charge in [0, 0.05) is 24.7 Å². The molecule has 1 aromatic heterocycles. The molecular weight excluding hydrogens is 344 g/mol. The van der Waals surface area contributed by atoms with Crippen LogP contribution in [0.2, 0.25) is 5.02 Å². The fraction of sp³-hybridized carbons (Fsp3) is 0.333. The highest BCUT2D eigenvalue weighted by Crippen LogP contribution is 2.28. The molecule has 0 aliphatic carbocycles. The number of furan rings is 1. The second-order valence-corrected chi connectivity index (χ2v) is 6.32. The molecule has 0 atom stereocenters. The molecule has 0 radical (unpaired) electrons. The molecule has 0 bridgehead atoms. The SMILES string of the molecule is COc1ccc(NC(=O)C2CCN(C(=O)c3ccoc3)CC2)cc1Cl. The van der Waals surface area contributed by atoms with E-state index in [1.807, 2.05) is 0 Å². The number of carbonyl (C=O) groups excluding carboxylic acids is 2. The Kier molecular flexibility index (Phi) is 5.28. The van der Waals surface area contributed by atoms with E-state index in [4.69, 9.17) is 20.8 Å². The predicted molar refractivity (Wildman–Crippen MR) is 94.0 cm³/mol. The van der Waals surface area contributed by atoms with Gasteiger partial charge in [0.15, 0.2) is 0 Å². The van der Waals surface area contributed by atoms with Gasteiger partial charge in [-0.25, -0.2) is 0 Å². The van der Waals surface area contributed by atoms with Crippen LogP contribution in [0.25, 0.3) is 0 Å². The normalized spacial score (nSPS) is 15.0. The smallest absolute Gasteiger partial charge is 0.257 e. The number of ether oxygens (including phenoxy) is 1. The van der Waals surface area contributed by atoms with Gasteiger partial charge in [0.25, 0.3) is 5.91 Å². The van der Waals surface area contributed by atoms with Crippen molar-refractivity contribution >= 4 is 29.1 Å². The fourth-order valence-electron chi connectivity index (χ4n) is 2.90. The molecule has 3 rings (SSSR count). The first kappa shape index (κ1) is 17.4. The Bertz CT molecular complexity index is 752. The number of amides is 2. The Balaban J connectivity index is 1.55. The van der Waals surface area contributed by atoms with Crippen molar-refractivity contribution in [2.45, 2.75) is 12.8 Å². The van der Waals surface area contributed by atoms with Gasteiger partial charge in [0.1, 0.15) is 12.0 Å². The van der Waals surface area contributed by atoms with Gasteiger partial charge in [-0.2, -0.15) is 0 Å². The van der Waals surface area contributed by atoms with Crippen molar-refractivity contribution in [3.63, 3.8) is 0 Å². The van der Waals surface area contributed by atoms with Crippen molar-refractivity contribution in [2.24, 2.45) is 5.92 Å². The highest BCUT2D eigenvalue weighted by molar-refractivity contribution is 6.32. The molecule has 1 aliphatic rings. The first-order chi connectivity index (χ1) is 12.1. The van der Waals surface area contributed by atoms with Crippen LogP contribution >= 0.6 is 11.6 Å². The standard InChI is InChI=1S/C18H19ClN2O4/c1-24-16-3-2-14(10-15(16)19)20-17(22)12-4-7-21(8-5-12)18(23)13-6-9-25-11-13/h2-3,6,9-12H,4-5,7-8H2,1H3,(H,20,22). The zero-order chi connectivity index (χ0) is 17.8. The van der Waals surface area contributed by atoms with E-state index < -0.39 is 0 Å². The van der Waals surface area contributed by atoms with E-state index in [0.717, 1.165) is 0 Å². The van der Waals surface area contributed by atoms with Gasteiger partial charge >= 0.3 is 0 Å². The number of piperidine rings is 1. The average molecular weight is 363 g/mol. The summed E-state index contributed by atoms with van der Waals surface area (Å²) in [5, 5.41) is 3.32. The molecule has 1 aliphatic heterocycles. The lowest BCUT2D eigenvalue weighted by Crippen LogP contribution is -2.41. The Morgan fingerprint density at radius 1 is 1.28 bits per heavy atom. The van der Waals surface area contributed by atoms with E-state index >= 15 is 0 Å². The van der Waals surface area contributed by atoms with Gasteiger partial charge in [-0.3, -0.25) is 9.59 Å². The van der Waals surface area contributed by atoms with Crippen LogP contribution in [0.4, 0.5) is 5.69 Å². The summed E-state index contributed by atoms with van der Waals surface area (Å²) >= 11 is 6.07. The number of hydrogen-bond donors (Lipinski definition) is 1. The molecule has 2 heterocycles. The maximum Gasteiger partial charge on any atom is 0.257 e. The third-order valence-electron chi connectivity index (χ3n) is 4.34. The van der Waals surface area contributed by atoms with Crippen molar-refractivity contribution in [3.05, 3.63) is 47.4 Å². The van der Waals surface area contributed by atoms with Crippen molar-refractivity contribution in [1.29, 1.82) is 0 Å². The summed E-state index contributed by atoms with van der Waals surface area (Å²) in [7, 11) is 1.54. The van der Waals surface area contributed by atoms with Crippen molar-refractivity contribution < 1.29 is 18.7 Å². The molecule has 1 saturated heterocycles. The third kappa shape index (κ3) is 3.96. The molecule has 1 fully saturated rings. The van der Waals surface area contributed by atoms with Gasteiger partial charge in [0.05, 0.1) is 24.0 Å². The minimum Gasteiger partial charge on any atom is -0.495 e. The number of anilines is 1. The predicted octanol–water partition coefficient (Wildman–Crippen LogP) is 3.43. The number of nitrogens with one attached hydrogen (secondary N) is 1. The Morgan fingerprint density at radius 2 is 2.04 bits per heavy atom. The van der Waals surface area contributed by atoms with Crippen LogP contribution in [0, 0.1) is 5.92 Å². The first-order valence-electron chi connectivity index (χ1n) is 8.04. The Morgan fingerprint density at radius 3 is 2.64 bits per heavy atom. The Labute approximate surface area is 150 Å². The molecule has 2 aromatic rings. The second kappa shape index (κ2) is 7.61. The largest absolute Gasteiger partial charge is 0.495 e. The molecule has 1 N–H and O–H groups in total. The zero-order valence-electron chi connectivity index (χ0n) is 13.8. The monoisotopic (exact) mass is 362 g/mol. The van der Waals surface area contributed by atoms with Crippen molar-refractivity contribution in [3.8, 4) is 5.75 Å². The Hall–Kier alpha value is -2.47. The molecule has 7 heteroatoms. The summed E-state index contributed by atoms with van der Waals surface area (Å²) in [6.07, 6.45) is 4.17. The average Bonchev–Trinajstić information content (AvgIpc) is 3.16. The first-order valence-corrected chi connectivity index (χ1v) is 8.42. The number of likely N-dealkylation sites (tertiary alicyclic amines) is 1. The molecule has 132 valence electrons. The summed E-state index contributed by atoms with van der Waals surface area (Å²) in [6.45, 7) is 1.09. The van der Waals surface area contributed by atoms with Gasteiger partial charge in [0.2, 0.25) is 5.91 Å². The maximum atomic E-state index is 12.4. The molecular formula is C18H19ClN2O4. The quantitative estimate of drug-likeness (QED) is 0.904.